The standard InChI is InChI=1S/C30H30ClN6O7P/c1-18(29(39)41-16-19-8-3-2-4-9-19)36-45(40,43-22-13-7-11-20-10-5-6-12-21(20)22)44-23-14-25(42-24(23)15-38)37-17-33-26-27(32)34-30(31)35-28(26)37/h2-13,17-18,23-25,38H,14-16H2,1H3,(H,36,40)(H2,32,34,35)/t18?,23?,24?,25-,45?/m1/s1. The maximum absolute atomic E-state index is 14.6. The Morgan fingerprint density at radius 2 is 1.91 bits per heavy atom. The van der Waals surface area contributed by atoms with Gasteiger partial charge in [-0.2, -0.15) is 15.1 Å². The lowest BCUT2D eigenvalue weighted by Crippen LogP contribution is -2.37. The van der Waals surface area contributed by atoms with Crippen molar-refractivity contribution in [2.24, 2.45) is 0 Å². The molecule has 234 valence electrons. The van der Waals surface area contributed by atoms with Crippen molar-refractivity contribution in [2.75, 3.05) is 12.3 Å². The number of benzene rings is 3. The van der Waals surface area contributed by atoms with E-state index in [4.69, 9.17) is 35.9 Å². The molecule has 3 aromatic carbocycles. The summed E-state index contributed by atoms with van der Waals surface area (Å²) in [4.78, 5) is 25.4. The minimum atomic E-state index is -4.35. The average Bonchev–Trinajstić information content (AvgIpc) is 3.64. The van der Waals surface area contributed by atoms with E-state index in [-0.39, 0.29) is 29.9 Å². The van der Waals surface area contributed by atoms with Crippen LogP contribution < -0.4 is 15.3 Å². The van der Waals surface area contributed by atoms with E-state index in [1.165, 1.54) is 13.3 Å². The predicted octanol–water partition coefficient (Wildman–Crippen LogP) is 4.79. The van der Waals surface area contributed by atoms with E-state index in [0.717, 1.165) is 10.9 Å². The number of halogens is 1. The smallest absolute Gasteiger partial charge is 0.459 e. The lowest BCUT2D eigenvalue weighted by atomic mass is 10.1. The van der Waals surface area contributed by atoms with Crippen molar-refractivity contribution < 1.29 is 33.0 Å². The van der Waals surface area contributed by atoms with Gasteiger partial charge >= 0.3 is 13.7 Å². The Balaban J connectivity index is 1.26. The van der Waals surface area contributed by atoms with Crippen LogP contribution in [0.25, 0.3) is 21.9 Å². The molecule has 0 radical (unpaired) electrons. The van der Waals surface area contributed by atoms with Gasteiger partial charge < -0.3 is 24.8 Å². The van der Waals surface area contributed by atoms with Crippen molar-refractivity contribution in [3.63, 3.8) is 0 Å². The van der Waals surface area contributed by atoms with Gasteiger partial charge in [0.2, 0.25) is 5.28 Å². The number of nitrogens with one attached hydrogen (secondary N) is 1. The maximum Gasteiger partial charge on any atom is 0.459 e. The quantitative estimate of drug-likeness (QED) is 0.101. The Hall–Kier alpha value is -4.10. The number of ether oxygens (including phenoxy) is 2. The monoisotopic (exact) mass is 652 g/mol. The number of hydrogen-bond acceptors (Lipinski definition) is 11. The molecule has 1 fully saturated rings. The van der Waals surface area contributed by atoms with Crippen molar-refractivity contribution in [3.05, 3.63) is 90.0 Å². The summed E-state index contributed by atoms with van der Waals surface area (Å²) in [6.45, 7) is 1.07. The Morgan fingerprint density at radius 3 is 2.71 bits per heavy atom. The van der Waals surface area contributed by atoms with Gasteiger partial charge in [-0.3, -0.25) is 13.9 Å². The summed E-state index contributed by atoms with van der Waals surface area (Å²) in [6.07, 6.45) is -1.05. The Bertz CT molecular complexity index is 1870. The van der Waals surface area contributed by atoms with Crippen LogP contribution in [-0.2, 0) is 30.0 Å². The molecule has 45 heavy (non-hydrogen) atoms. The maximum atomic E-state index is 14.6. The minimum Gasteiger partial charge on any atom is -0.460 e. The summed E-state index contributed by atoms with van der Waals surface area (Å²) in [5.74, 6) is -0.298. The summed E-state index contributed by atoms with van der Waals surface area (Å²) in [6, 6.07) is 20.8. The summed E-state index contributed by atoms with van der Waals surface area (Å²) in [7, 11) is -4.35. The minimum absolute atomic E-state index is 0.0305. The molecule has 0 spiro atoms. The van der Waals surface area contributed by atoms with Crippen LogP contribution in [0.5, 0.6) is 5.75 Å². The van der Waals surface area contributed by atoms with Gasteiger partial charge in [-0.15, -0.1) is 0 Å². The van der Waals surface area contributed by atoms with Crippen LogP contribution in [-0.4, -0.2) is 55.5 Å². The van der Waals surface area contributed by atoms with E-state index in [0.29, 0.717) is 16.6 Å². The Kier molecular flexibility index (Phi) is 8.99. The molecule has 3 heterocycles. The van der Waals surface area contributed by atoms with Crippen molar-refractivity contribution in [1.82, 2.24) is 24.6 Å². The first-order valence-corrected chi connectivity index (χ1v) is 16.0. The number of hydrogen-bond donors (Lipinski definition) is 3. The molecule has 6 rings (SSSR count). The van der Waals surface area contributed by atoms with Crippen LogP contribution in [0, 0.1) is 0 Å². The molecule has 0 saturated carbocycles. The highest BCUT2D eigenvalue weighted by Gasteiger charge is 2.44. The summed E-state index contributed by atoms with van der Waals surface area (Å²) in [5, 5.41) is 14.4. The fourth-order valence-electron chi connectivity index (χ4n) is 5.07. The lowest BCUT2D eigenvalue weighted by Gasteiger charge is -2.27. The number of rotatable bonds is 11. The number of nitrogen functional groups attached to an aromatic ring is 1. The number of anilines is 1. The molecule has 1 saturated heterocycles. The highest BCUT2D eigenvalue weighted by Crippen LogP contribution is 2.50. The van der Waals surface area contributed by atoms with Crippen LogP contribution in [0.3, 0.4) is 0 Å². The van der Waals surface area contributed by atoms with E-state index >= 15 is 0 Å². The summed E-state index contributed by atoms with van der Waals surface area (Å²) in [5.41, 5.74) is 7.39. The molecule has 15 heteroatoms. The number of aromatic nitrogens is 4. The zero-order chi connectivity index (χ0) is 31.6. The Morgan fingerprint density at radius 1 is 1.16 bits per heavy atom. The van der Waals surface area contributed by atoms with E-state index in [1.807, 2.05) is 60.7 Å². The Labute approximate surface area is 262 Å². The van der Waals surface area contributed by atoms with Crippen LogP contribution in [0.2, 0.25) is 5.28 Å². The van der Waals surface area contributed by atoms with Crippen LogP contribution in [0.15, 0.2) is 79.1 Å². The molecule has 4 unspecified atom stereocenters. The van der Waals surface area contributed by atoms with Crippen LogP contribution >= 0.6 is 19.3 Å². The van der Waals surface area contributed by atoms with Gasteiger partial charge in [-0.1, -0.05) is 66.7 Å². The number of imidazole rings is 1. The molecule has 1 aliphatic rings. The van der Waals surface area contributed by atoms with Gasteiger partial charge in [0, 0.05) is 11.8 Å². The van der Waals surface area contributed by atoms with Gasteiger partial charge in [0.15, 0.2) is 11.5 Å². The second kappa shape index (κ2) is 13.1. The van der Waals surface area contributed by atoms with Crippen LogP contribution in [0.4, 0.5) is 5.82 Å². The van der Waals surface area contributed by atoms with E-state index in [9.17, 15) is 14.5 Å². The number of carbonyl (C=O) groups is 1. The summed E-state index contributed by atoms with van der Waals surface area (Å²) >= 11 is 6.03. The van der Waals surface area contributed by atoms with Crippen molar-refractivity contribution in [2.45, 2.75) is 44.4 Å². The first kappa shape index (κ1) is 30.9. The number of fused-ring (bicyclic) bond motifs is 2. The SMILES string of the molecule is CC(NP(=O)(Oc1cccc2ccccc12)OC1C[C@H](n2cnc3c(N)nc(Cl)nc32)OC1CO)C(=O)OCc1ccccc1. The zero-order valence-electron chi connectivity index (χ0n) is 24.0. The average molecular weight is 653 g/mol. The zero-order valence-corrected chi connectivity index (χ0v) is 25.7. The molecule has 0 bridgehead atoms. The number of aliphatic hydroxyl groups excluding tert-OH is 1. The van der Waals surface area contributed by atoms with E-state index in [2.05, 4.69) is 20.0 Å². The van der Waals surface area contributed by atoms with Crippen molar-refractivity contribution in [1.29, 1.82) is 0 Å². The number of aliphatic hydroxyl groups is 1. The second-order valence-electron chi connectivity index (χ2n) is 10.4. The molecule has 1 aliphatic heterocycles. The second-order valence-corrected chi connectivity index (χ2v) is 12.4. The van der Waals surface area contributed by atoms with Gasteiger partial charge in [0.25, 0.3) is 0 Å². The van der Waals surface area contributed by atoms with E-state index < -0.39 is 44.8 Å². The van der Waals surface area contributed by atoms with Crippen molar-refractivity contribution >= 4 is 53.1 Å². The predicted molar refractivity (Wildman–Crippen MR) is 166 cm³/mol. The first-order chi connectivity index (χ1) is 21.7. The molecule has 4 N–H and O–H groups in total. The molecule has 0 amide bonds. The largest absolute Gasteiger partial charge is 0.460 e. The third-order valence-electron chi connectivity index (χ3n) is 7.26. The van der Waals surface area contributed by atoms with Gasteiger partial charge in [0.05, 0.1) is 12.9 Å². The molecular weight excluding hydrogens is 623 g/mol. The number of nitrogens with zero attached hydrogens (tertiary/aromatic N) is 4. The van der Waals surface area contributed by atoms with Gasteiger partial charge in [0.1, 0.15) is 42.4 Å². The number of esters is 1. The van der Waals surface area contributed by atoms with Crippen LogP contribution in [0.1, 0.15) is 25.1 Å². The summed E-state index contributed by atoms with van der Waals surface area (Å²) < 4.78 is 39.9. The topological polar surface area (TPSA) is 173 Å². The lowest BCUT2D eigenvalue weighted by molar-refractivity contribution is -0.146. The molecule has 5 aromatic rings. The normalized spacial score (nSPS) is 20.2. The van der Waals surface area contributed by atoms with Gasteiger partial charge in [-0.25, -0.2) is 9.55 Å². The highest BCUT2D eigenvalue weighted by molar-refractivity contribution is 7.52. The van der Waals surface area contributed by atoms with Crippen molar-refractivity contribution in [3.8, 4) is 5.75 Å². The third-order valence-corrected chi connectivity index (χ3v) is 9.12. The molecule has 0 aliphatic carbocycles. The highest BCUT2D eigenvalue weighted by atomic mass is 35.5. The third kappa shape index (κ3) is 6.79. The molecule has 13 nitrogen and oxygen atoms in total. The molecular formula is C30H30ClN6O7P. The van der Waals surface area contributed by atoms with Gasteiger partial charge in [-0.05, 0) is 35.5 Å². The molecule has 5 atom stereocenters. The fraction of sp³-hybridized carbons (Fsp3) is 0.267. The number of carbonyl (C=O) groups excluding carboxylic acids is 1. The fourth-order valence-corrected chi connectivity index (χ4v) is 6.98. The van der Waals surface area contributed by atoms with E-state index in [1.54, 1.807) is 16.7 Å². The number of nitrogens with two attached hydrogens (primary N) is 1. The molecule has 2 aromatic heterocycles. The first-order valence-electron chi connectivity index (χ1n) is 14.1.